The summed E-state index contributed by atoms with van der Waals surface area (Å²) in [6.07, 6.45) is 0.495. The third-order valence-corrected chi connectivity index (χ3v) is 6.10. The number of hydrogen-bond donors (Lipinski definition) is 0. The van der Waals surface area contributed by atoms with E-state index in [4.69, 9.17) is 11.6 Å². The van der Waals surface area contributed by atoms with Crippen LogP contribution in [0.15, 0.2) is 15.9 Å². The largest absolute Gasteiger partial charge is 0.214 e. The minimum atomic E-state index is -3.18. The Labute approximate surface area is 120 Å². The summed E-state index contributed by atoms with van der Waals surface area (Å²) in [5.41, 5.74) is 0. The minimum absolute atomic E-state index is 0.122. The van der Waals surface area contributed by atoms with Crippen LogP contribution in [0.25, 0.3) is 0 Å². The maximum Gasteiger partial charge on any atom is 0.214 e. The van der Waals surface area contributed by atoms with Crippen molar-refractivity contribution in [1.29, 1.82) is 0 Å². The van der Waals surface area contributed by atoms with Crippen LogP contribution in [0.5, 0.6) is 0 Å². The van der Waals surface area contributed by atoms with Crippen LogP contribution >= 0.6 is 38.9 Å². The van der Waals surface area contributed by atoms with E-state index < -0.39 is 10.0 Å². The Morgan fingerprint density at radius 2 is 2.18 bits per heavy atom. The van der Waals surface area contributed by atoms with Gasteiger partial charge < -0.3 is 0 Å². The summed E-state index contributed by atoms with van der Waals surface area (Å²) >= 11 is 10.5. The molecule has 0 N–H and O–H groups in total. The van der Waals surface area contributed by atoms with Crippen molar-refractivity contribution in [2.75, 3.05) is 18.2 Å². The van der Waals surface area contributed by atoms with Gasteiger partial charge in [-0.1, -0.05) is 6.92 Å². The van der Waals surface area contributed by atoms with Crippen molar-refractivity contribution >= 4 is 48.9 Å². The van der Waals surface area contributed by atoms with Crippen molar-refractivity contribution in [3.63, 3.8) is 0 Å². The topological polar surface area (TPSA) is 37.4 Å². The number of alkyl halides is 1. The van der Waals surface area contributed by atoms with Crippen LogP contribution in [-0.4, -0.2) is 30.9 Å². The molecule has 0 aliphatic carbocycles. The lowest BCUT2D eigenvalue weighted by Crippen LogP contribution is -2.32. The molecule has 0 amide bonds. The Balaban J connectivity index is 2.71. The van der Waals surface area contributed by atoms with E-state index in [1.165, 1.54) is 4.31 Å². The molecule has 0 aromatic carbocycles. The summed E-state index contributed by atoms with van der Waals surface area (Å²) in [6, 6.07) is 3.87. The van der Waals surface area contributed by atoms with E-state index in [9.17, 15) is 8.42 Å². The van der Waals surface area contributed by atoms with Crippen molar-refractivity contribution in [3.8, 4) is 0 Å². The SMILES string of the molecule is CCN(Cc1ccc(Br)s1)S(=O)(=O)CCCCl. The second-order valence-electron chi connectivity index (χ2n) is 3.49. The number of hydrogen-bond acceptors (Lipinski definition) is 3. The van der Waals surface area contributed by atoms with Gasteiger partial charge in [-0.15, -0.1) is 22.9 Å². The lowest BCUT2D eigenvalue weighted by molar-refractivity contribution is 0.426. The zero-order valence-corrected chi connectivity index (χ0v) is 13.5. The van der Waals surface area contributed by atoms with Gasteiger partial charge in [0.05, 0.1) is 9.54 Å². The van der Waals surface area contributed by atoms with Crippen LogP contribution in [0.3, 0.4) is 0 Å². The molecule has 0 saturated carbocycles. The fourth-order valence-corrected chi connectivity index (χ4v) is 4.75. The van der Waals surface area contributed by atoms with Gasteiger partial charge in [-0.2, -0.15) is 4.31 Å². The molecule has 0 fully saturated rings. The Hall–Kier alpha value is 0.380. The predicted molar refractivity (Wildman–Crippen MR) is 77.2 cm³/mol. The number of nitrogens with zero attached hydrogens (tertiary/aromatic N) is 1. The molecule has 0 radical (unpaired) electrons. The summed E-state index contributed by atoms with van der Waals surface area (Å²) < 4.78 is 26.5. The zero-order chi connectivity index (χ0) is 12.9. The van der Waals surface area contributed by atoms with Crippen molar-refractivity contribution in [2.45, 2.75) is 19.9 Å². The fourth-order valence-electron chi connectivity index (χ4n) is 1.38. The fraction of sp³-hybridized carbons (Fsp3) is 0.600. The highest BCUT2D eigenvalue weighted by atomic mass is 79.9. The molecule has 1 aromatic heterocycles. The van der Waals surface area contributed by atoms with Gasteiger partial charge in [0, 0.05) is 23.8 Å². The van der Waals surface area contributed by atoms with Gasteiger partial charge in [0.2, 0.25) is 10.0 Å². The quantitative estimate of drug-likeness (QED) is 0.700. The summed E-state index contributed by atoms with van der Waals surface area (Å²) in [6.45, 7) is 2.78. The third-order valence-electron chi connectivity index (χ3n) is 2.24. The minimum Gasteiger partial charge on any atom is -0.212 e. The Morgan fingerprint density at radius 3 is 2.65 bits per heavy atom. The second kappa shape index (κ2) is 7.09. The van der Waals surface area contributed by atoms with Gasteiger partial charge in [-0.05, 0) is 34.5 Å². The smallest absolute Gasteiger partial charge is 0.212 e. The number of halogens is 2. The molecule has 7 heteroatoms. The highest BCUT2D eigenvalue weighted by molar-refractivity contribution is 9.11. The zero-order valence-electron chi connectivity index (χ0n) is 9.53. The Morgan fingerprint density at radius 1 is 1.47 bits per heavy atom. The first-order valence-corrected chi connectivity index (χ1v) is 9.03. The first-order valence-electron chi connectivity index (χ1n) is 5.27. The first kappa shape index (κ1) is 15.4. The van der Waals surface area contributed by atoms with Crippen molar-refractivity contribution in [3.05, 3.63) is 20.8 Å². The molecule has 0 saturated heterocycles. The van der Waals surface area contributed by atoms with Gasteiger partial charge in [-0.3, -0.25) is 0 Å². The van der Waals surface area contributed by atoms with Gasteiger partial charge in [-0.25, -0.2) is 8.42 Å². The van der Waals surface area contributed by atoms with Crippen molar-refractivity contribution in [1.82, 2.24) is 4.31 Å². The number of thiophene rings is 1. The van der Waals surface area contributed by atoms with Gasteiger partial charge in [0.1, 0.15) is 0 Å². The average molecular weight is 361 g/mol. The Kier molecular flexibility index (Phi) is 6.44. The number of sulfonamides is 1. The van der Waals surface area contributed by atoms with E-state index in [2.05, 4.69) is 15.9 Å². The normalized spacial score (nSPS) is 12.2. The predicted octanol–water partition coefficient (Wildman–Crippen LogP) is 3.29. The van der Waals surface area contributed by atoms with E-state index in [0.29, 0.717) is 25.4 Å². The molecule has 0 aliphatic rings. The maximum absolute atomic E-state index is 12.0. The van der Waals surface area contributed by atoms with E-state index in [-0.39, 0.29) is 5.75 Å². The molecular formula is C10H15BrClNO2S2. The molecule has 0 spiro atoms. The first-order chi connectivity index (χ1) is 7.99. The molecular weight excluding hydrogens is 346 g/mol. The van der Waals surface area contributed by atoms with Crippen LogP contribution in [0, 0.1) is 0 Å². The van der Waals surface area contributed by atoms with E-state index in [1.807, 2.05) is 19.1 Å². The van der Waals surface area contributed by atoms with Gasteiger partial charge in [0.15, 0.2) is 0 Å². The van der Waals surface area contributed by atoms with Gasteiger partial charge in [0.25, 0.3) is 0 Å². The molecule has 98 valence electrons. The summed E-state index contributed by atoms with van der Waals surface area (Å²) in [5, 5.41) is 0. The van der Waals surface area contributed by atoms with E-state index in [0.717, 1.165) is 8.66 Å². The van der Waals surface area contributed by atoms with Crippen LogP contribution in [0.4, 0.5) is 0 Å². The molecule has 1 aromatic rings. The van der Waals surface area contributed by atoms with Gasteiger partial charge >= 0.3 is 0 Å². The standard InChI is InChI=1S/C10H15BrClNO2S2/c1-2-13(17(14,15)7-3-6-12)8-9-4-5-10(11)16-9/h4-5H,2-3,6-8H2,1H3. The highest BCUT2D eigenvalue weighted by Gasteiger charge is 2.20. The Bertz CT molecular complexity index is 447. The molecule has 1 heterocycles. The molecule has 0 aliphatic heterocycles. The van der Waals surface area contributed by atoms with Crippen LogP contribution < -0.4 is 0 Å². The number of rotatable bonds is 7. The molecule has 0 bridgehead atoms. The summed E-state index contributed by atoms with van der Waals surface area (Å²) in [5.74, 6) is 0.498. The molecule has 17 heavy (non-hydrogen) atoms. The van der Waals surface area contributed by atoms with Crippen molar-refractivity contribution in [2.24, 2.45) is 0 Å². The second-order valence-corrected chi connectivity index (χ2v) is 8.50. The lowest BCUT2D eigenvalue weighted by Gasteiger charge is -2.19. The molecule has 3 nitrogen and oxygen atoms in total. The van der Waals surface area contributed by atoms with Crippen molar-refractivity contribution < 1.29 is 8.42 Å². The summed E-state index contributed by atoms with van der Waals surface area (Å²) in [7, 11) is -3.18. The average Bonchev–Trinajstić information content (AvgIpc) is 2.69. The van der Waals surface area contributed by atoms with Crippen LogP contribution in [0.1, 0.15) is 18.2 Å². The van der Waals surface area contributed by atoms with Crippen LogP contribution in [0.2, 0.25) is 0 Å². The third kappa shape index (κ3) is 4.87. The van der Waals surface area contributed by atoms with E-state index in [1.54, 1.807) is 11.3 Å². The lowest BCUT2D eigenvalue weighted by atomic mass is 10.4. The monoisotopic (exact) mass is 359 g/mol. The molecule has 0 unspecified atom stereocenters. The molecule has 0 atom stereocenters. The summed E-state index contributed by atoms with van der Waals surface area (Å²) in [4.78, 5) is 1.04. The maximum atomic E-state index is 12.0. The van der Waals surface area contributed by atoms with E-state index >= 15 is 0 Å². The molecule has 1 rings (SSSR count). The van der Waals surface area contributed by atoms with Crippen LogP contribution in [-0.2, 0) is 16.6 Å². The highest BCUT2D eigenvalue weighted by Crippen LogP contribution is 2.24.